The fourth-order valence-electron chi connectivity index (χ4n) is 6.78. The van der Waals surface area contributed by atoms with Gasteiger partial charge in [-0.05, 0) is 96.9 Å². The standard InChI is InChI=1S/C44H73N2/c1-7-13-16-19-22-25-28-40-32-31-38(35-41(40)29-26-23-20-17-14-8-2)36-44(11-5)46(12-6)45-43-34-33-39(10-4)42(37-43)30-27-24-21-18-15-9-3/h31-37H,7-30H2,1-6H3/q+1. The van der Waals surface area contributed by atoms with Crippen molar-refractivity contribution in [3.63, 3.8) is 0 Å². The third kappa shape index (κ3) is 16.1. The maximum absolute atomic E-state index is 5.21. The van der Waals surface area contributed by atoms with Crippen molar-refractivity contribution in [3.8, 4) is 0 Å². The van der Waals surface area contributed by atoms with Gasteiger partial charge in [0, 0.05) is 12.5 Å². The molecule has 0 aromatic heterocycles. The molecule has 0 aliphatic carbocycles. The number of nitrogens with zero attached hydrogens (tertiary/aromatic N) is 2. The van der Waals surface area contributed by atoms with Crippen LogP contribution in [0.2, 0.25) is 0 Å². The highest BCUT2D eigenvalue weighted by atomic mass is 15.3. The van der Waals surface area contributed by atoms with Crippen LogP contribution in [0.1, 0.15) is 191 Å². The van der Waals surface area contributed by atoms with Crippen molar-refractivity contribution in [2.24, 2.45) is 5.11 Å². The van der Waals surface area contributed by atoms with Crippen LogP contribution in [0, 0.1) is 0 Å². The molecule has 46 heavy (non-hydrogen) atoms. The van der Waals surface area contributed by atoms with E-state index in [2.05, 4.69) is 88.7 Å². The van der Waals surface area contributed by atoms with E-state index in [-0.39, 0.29) is 0 Å². The van der Waals surface area contributed by atoms with Gasteiger partial charge in [0.2, 0.25) is 5.70 Å². The van der Waals surface area contributed by atoms with Crippen molar-refractivity contribution in [1.29, 1.82) is 0 Å². The van der Waals surface area contributed by atoms with Gasteiger partial charge in [-0.3, -0.25) is 0 Å². The van der Waals surface area contributed by atoms with E-state index in [1.54, 1.807) is 11.1 Å². The first-order valence-electron chi connectivity index (χ1n) is 20.0. The van der Waals surface area contributed by atoms with E-state index < -0.39 is 0 Å². The Morgan fingerprint density at radius 2 is 1.00 bits per heavy atom. The van der Waals surface area contributed by atoms with Gasteiger partial charge in [-0.25, -0.2) is 0 Å². The van der Waals surface area contributed by atoms with Crippen molar-refractivity contribution in [2.45, 2.75) is 189 Å². The second kappa shape index (κ2) is 25.8. The minimum absolute atomic E-state index is 0.878. The lowest BCUT2D eigenvalue weighted by Gasteiger charge is -2.12. The molecule has 0 heterocycles. The van der Waals surface area contributed by atoms with Crippen LogP contribution in [0.5, 0.6) is 0 Å². The van der Waals surface area contributed by atoms with Crippen LogP contribution in [0.15, 0.2) is 47.2 Å². The second-order valence-electron chi connectivity index (χ2n) is 13.7. The lowest BCUT2D eigenvalue weighted by Crippen LogP contribution is -2.08. The van der Waals surface area contributed by atoms with Gasteiger partial charge in [0.15, 0.2) is 6.54 Å². The Morgan fingerprint density at radius 1 is 0.522 bits per heavy atom. The second-order valence-corrected chi connectivity index (χ2v) is 13.7. The number of aryl methyl sites for hydroxylation is 4. The van der Waals surface area contributed by atoms with Crippen molar-refractivity contribution >= 4 is 11.8 Å². The molecule has 0 fully saturated rings. The fraction of sp³-hybridized carbons (Fsp3) is 0.682. The molecule has 0 radical (unpaired) electrons. The minimum atomic E-state index is 0.878. The monoisotopic (exact) mass is 630 g/mol. The first-order chi connectivity index (χ1) is 22.6. The number of azo groups is 2. The summed E-state index contributed by atoms with van der Waals surface area (Å²) in [6.45, 7) is 14.6. The maximum Gasteiger partial charge on any atom is 0.208 e. The summed E-state index contributed by atoms with van der Waals surface area (Å²) in [6.07, 6.45) is 32.5. The third-order valence-electron chi connectivity index (χ3n) is 9.76. The average Bonchev–Trinajstić information content (AvgIpc) is 3.08. The topological polar surface area (TPSA) is 15.4 Å². The zero-order valence-electron chi connectivity index (χ0n) is 31.4. The molecule has 2 rings (SSSR count). The fourth-order valence-corrected chi connectivity index (χ4v) is 6.78. The molecule has 0 aliphatic rings. The summed E-state index contributed by atoms with van der Waals surface area (Å²) >= 11 is 0. The maximum atomic E-state index is 5.21. The first-order valence-corrected chi connectivity index (χ1v) is 20.0. The number of benzene rings is 2. The Hall–Kier alpha value is -2.22. The molecule has 0 atom stereocenters. The molecule has 0 saturated carbocycles. The van der Waals surface area contributed by atoms with Gasteiger partial charge in [0.1, 0.15) is 5.69 Å². The molecular weight excluding hydrogens is 556 g/mol. The van der Waals surface area contributed by atoms with Crippen LogP contribution >= 0.6 is 0 Å². The van der Waals surface area contributed by atoms with Crippen LogP contribution in [-0.2, 0) is 25.7 Å². The quantitative estimate of drug-likeness (QED) is 0.0531. The first kappa shape index (κ1) is 40.0. The van der Waals surface area contributed by atoms with Crippen molar-refractivity contribution < 1.29 is 4.70 Å². The molecule has 0 saturated heterocycles. The van der Waals surface area contributed by atoms with Crippen molar-refractivity contribution in [1.82, 2.24) is 0 Å². The van der Waals surface area contributed by atoms with E-state index in [1.807, 2.05) is 0 Å². The van der Waals surface area contributed by atoms with Crippen LogP contribution in [0.3, 0.4) is 0 Å². The van der Waals surface area contributed by atoms with Gasteiger partial charge >= 0.3 is 0 Å². The zero-order valence-corrected chi connectivity index (χ0v) is 31.4. The summed E-state index contributed by atoms with van der Waals surface area (Å²) in [5.41, 5.74) is 9.89. The number of rotatable bonds is 27. The molecule has 0 N–H and O–H groups in total. The molecule has 0 bridgehead atoms. The van der Waals surface area contributed by atoms with Gasteiger partial charge < -0.3 is 0 Å². The molecule has 2 nitrogen and oxygen atoms in total. The van der Waals surface area contributed by atoms with Crippen molar-refractivity contribution in [2.75, 3.05) is 6.54 Å². The van der Waals surface area contributed by atoms with Gasteiger partial charge in [0.05, 0.1) is 0 Å². The molecule has 0 unspecified atom stereocenters. The summed E-state index contributed by atoms with van der Waals surface area (Å²) < 4.78 is 2.24. The van der Waals surface area contributed by atoms with E-state index in [4.69, 9.17) is 5.11 Å². The molecule has 0 spiro atoms. The van der Waals surface area contributed by atoms with Gasteiger partial charge in [0.25, 0.3) is 0 Å². The normalized spacial score (nSPS) is 12.3. The average molecular weight is 630 g/mol. The Labute approximate surface area is 286 Å². The SMILES string of the molecule is CCCCCCCCc1cc(N=[N+](CC)C(=Cc2ccc(CCCCCCCC)c(CCCCCCCC)c2)CC)ccc1CC. The molecular formula is C44H73N2+. The highest BCUT2D eigenvalue weighted by Gasteiger charge is 2.14. The van der Waals surface area contributed by atoms with Crippen LogP contribution in [0.25, 0.3) is 6.08 Å². The molecule has 2 heteroatoms. The summed E-state index contributed by atoms with van der Waals surface area (Å²) in [4.78, 5) is 0. The predicted molar refractivity (Wildman–Crippen MR) is 205 cm³/mol. The highest BCUT2D eigenvalue weighted by Crippen LogP contribution is 2.25. The summed E-state index contributed by atoms with van der Waals surface area (Å²) in [5.74, 6) is 0. The minimum Gasteiger partial charge on any atom is -0.0882 e. The third-order valence-corrected chi connectivity index (χ3v) is 9.76. The van der Waals surface area contributed by atoms with Gasteiger partial charge in [-0.2, -0.15) is 0 Å². The predicted octanol–water partition coefficient (Wildman–Crippen LogP) is 14.5. The van der Waals surface area contributed by atoms with Gasteiger partial charge in [-0.15, -0.1) is 0 Å². The van der Waals surface area contributed by atoms with Crippen molar-refractivity contribution in [3.05, 3.63) is 69.9 Å². The van der Waals surface area contributed by atoms with Crippen LogP contribution in [0.4, 0.5) is 5.69 Å². The van der Waals surface area contributed by atoms with E-state index >= 15 is 0 Å². The lowest BCUT2D eigenvalue weighted by atomic mass is 9.94. The Kier molecular flexibility index (Phi) is 22.4. The lowest BCUT2D eigenvalue weighted by molar-refractivity contribution is -0.539. The van der Waals surface area contributed by atoms with Gasteiger partial charge in [-0.1, -0.05) is 160 Å². The van der Waals surface area contributed by atoms with E-state index in [1.165, 1.54) is 157 Å². The molecule has 0 aliphatic heterocycles. The van der Waals surface area contributed by atoms with E-state index in [9.17, 15) is 0 Å². The van der Waals surface area contributed by atoms with Crippen LogP contribution < -0.4 is 0 Å². The molecule has 2 aromatic carbocycles. The van der Waals surface area contributed by atoms with E-state index in [0.29, 0.717) is 0 Å². The summed E-state index contributed by atoms with van der Waals surface area (Å²) in [6, 6.07) is 14.3. The zero-order chi connectivity index (χ0) is 33.2. The van der Waals surface area contributed by atoms with E-state index in [0.717, 1.165) is 25.1 Å². The molecule has 0 amide bonds. The Balaban J connectivity index is 2.22. The largest absolute Gasteiger partial charge is 0.208 e. The number of unbranched alkanes of at least 4 members (excludes halogenated alkanes) is 15. The summed E-state index contributed by atoms with van der Waals surface area (Å²) in [5, 5.41) is 5.21. The number of allylic oxidation sites excluding steroid dienone is 1. The Morgan fingerprint density at radius 3 is 1.50 bits per heavy atom. The number of hydrogen-bond acceptors (Lipinski definition) is 1. The Bertz CT molecular complexity index is 1120. The summed E-state index contributed by atoms with van der Waals surface area (Å²) in [7, 11) is 0. The van der Waals surface area contributed by atoms with Crippen LogP contribution in [-0.4, -0.2) is 11.2 Å². The smallest absolute Gasteiger partial charge is 0.0882 e. The molecule has 258 valence electrons. The number of hydrogen-bond donors (Lipinski definition) is 0. The highest BCUT2D eigenvalue weighted by molar-refractivity contribution is 5.53. The molecule has 2 aromatic rings.